The molecule has 3 aliphatic carbocycles. The summed E-state index contributed by atoms with van der Waals surface area (Å²) < 4.78 is 4.99. The normalized spacial score (nSPS) is 17.3. The van der Waals surface area contributed by atoms with Gasteiger partial charge in [-0.3, -0.25) is 0 Å². The van der Waals surface area contributed by atoms with Crippen molar-refractivity contribution in [2.24, 2.45) is 5.92 Å². The number of benzene rings is 7. The Morgan fingerprint density at radius 3 is 1.95 bits per heavy atom. The maximum Gasteiger partial charge on any atom is 0.0566 e. The fraction of sp³-hybridized carbons (Fsp3) is 0.111. The van der Waals surface area contributed by atoms with Crippen molar-refractivity contribution in [1.82, 2.24) is 9.13 Å². The summed E-state index contributed by atoms with van der Waals surface area (Å²) in [5.74, 6) is 0.302. The lowest BCUT2D eigenvalue weighted by atomic mass is 9.83. The molecule has 9 aromatic rings. The van der Waals surface area contributed by atoms with Gasteiger partial charge in [-0.2, -0.15) is 0 Å². The summed E-state index contributed by atoms with van der Waals surface area (Å²) in [6.07, 6.45) is 23.2. The molecule has 0 fully saturated rings. The van der Waals surface area contributed by atoms with E-state index in [-0.39, 0.29) is 6.04 Å². The van der Waals surface area contributed by atoms with Crippen molar-refractivity contribution >= 4 is 61.1 Å². The summed E-state index contributed by atoms with van der Waals surface area (Å²) in [6.45, 7) is 2.39. The zero-order valence-corrected chi connectivity index (χ0v) is 36.7. The van der Waals surface area contributed by atoms with Gasteiger partial charge < -0.3 is 9.13 Å². The van der Waals surface area contributed by atoms with Gasteiger partial charge in [0.2, 0.25) is 0 Å². The molecule has 0 amide bonds. The largest absolute Gasteiger partial charge is 0.333 e. The molecule has 2 nitrogen and oxygen atoms in total. The monoisotopic (exact) mass is 834 g/mol. The highest BCUT2D eigenvalue weighted by Crippen LogP contribution is 2.41. The van der Waals surface area contributed by atoms with E-state index < -0.39 is 0 Å². The van der Waals surface area contributed by atoms with Gasteiger partial charge in [0, 0.05) is 33.1 Å². The Hall–Kier alpha value is -7.68. The van der Waals surface area contributed by atoms with Crippen LogP contribution >= 0.6 is 0 Å². The topological polar surface area (TPSA) is 9.86 Å². The minimum atomic E-state index is 0.258. The van der Waals surface area contributed by atoms with Crippen LogP contribution < -0.4 is 0 Å². The standard InChI is InChI=1S/C63H50N2/c1-43-35-36-50(46-20-13-19-45(37-46)48-22-15-25-53(40-48)64-60-31-9-5-27-55(60)56-28-6-10-32-61(56)64)39-52(44-17-3-2-4-18-44)42-59(43)51-24-14-21-47(38-51)49-23-16-26-54(41-49)65-62-33-11-7-29-57(62)58-30-8-12-34-63(58)65/h2-7,9-29,31-34,36-40,42-43,54H,8,30,35,41H2,1H3. The van der Waals surface area contributed by atoms with Crippen molar-refractivity contribution in [1.29, 1.82) is 0 Å². The fourth-order valence-electron chi connectivity index (χ4n) is 10.8. The number of rotatable bonds is 7. The molecule has 3 aliphatic rings. The predicted octanol–water partition coefficient (Wildman–Crippen LogP) is 16.5. The van der Waals surface area contributed by atoms with Gasteiger partial charge in [-0.15, -0.1) is 0 Å². The van der Waals surface area contributed by atoms with E-state index in [9.17, 15) is 0 Å². The van der Waals surface area contributed by atoms with Gasteiger partial charge in [-0.05, 0) is 147 Å². The SMILES string of the molecule is CC1CC=C(c2cccc(-c3cccc(-n4c5ccccc5c5ccccc54)c3)c2)C=C(c2ccccc2)C=C1c1cccc(C2=CC=CC(n3c4c(c5ccccc53)CCC=C4)C2)c1. The summed E-state index contributed by atoms with van der Waals surface area (Å²) >= 11 is 0. The highest BCUT2D eigenvalue weighted by molar-refractivity contribution is 6.09. The molecule has 2 unspecified atom stereocenters. The lowest BCUT2D eigenvalue weighted by Gasteiger charge is -2.25. The number of hydrogen-bond donors (Lipinski definition) is 0. The first-order valence-electron chi connectivity index (χ1n) is 23.3. The number of aryl methyl sites for hydroxylation is 1. The number of para-hydroxylation sites is 3. The number of fused-ring (bicyclic) bond motifs is 6. The smallest absolute Gasteiger partial charge is 0.0566 e. The minimum absolute atomic E-state index is 0.258. The number of hydrogen-bond acceptors (Lipinski definition) is 0. The van der Waals surface area contributed by atoms with Crippen LogP contribution in [-0.2, 0) is 6.42 Å². The lowest BCUT2D eigenvalue weighted by Crippen LogP contribution is -2.12. The van der Waals surface area contributed by atoms with Crippen LogP contribution in [0.4, 0.5) is 0 Å². The molecule has 65 heavy (non-hydrogen) atoms. The van der Waals surface area contributed by atoms with Gasteiger partial charge in [0.15, 0.2) is 0 Å². The van der Waals surface area contributed by atoms with Crippen molar-refractivity contribution in [3.05, 3.63) is 252 Å². The van der Waals surface area contributed by atoms with E-state index in [2.05, 4.69) is 241 Å². The van der Waals surface area contributed by atoms with Crippen LogP contribution in [0.3, 0.4) is 0 Å². The Morgan fingerprint density at radius 2 is 1.15 bits per heavy atom. The van der Waals surface area contributed by atoms with Gasteiger partial charge in [-0.25, -0.2) is 0 Å². The molecule has 0 spiro atoms. The van der Waals surface area contributed by atoms with E-state index in [0.717, 1.165) is 25.7 Å². The average molecular weight is 835 g/mol. The molecule has 0 N–H and O–H groups in total. The van der Waals surface area contributed by atoms with Crippen LogP contribution in [0.2, 0.25) is 0 Å². The molecule has 0 aliphatic heterocycles. The van der Waals surface area contributed by atoms with E-state index in [4.69, 9.17) is 0 Å². The van der Waals surface area contributed by atoms with Crippen molar-refractivity contribution < 1.29 is 0 Å². The number of nitrogens with zero attached hydrogens (tertiary/aromatic N) is 2. The molecule has 0 bridgehead atoms. The molecule has 312 valence electrons. The number of allylic oxidation sites excluding steroid dienone is 11. The second-order valence-corrected chi connectivity index (χ2v) is 18.0. The molecule has 2 heterocycles. The Bertz CT molecular complexity index is 3450. The van der Waals surface area contributed by atoms with Crippen LogP contribution in [0.5, 0.6) is 0 Å². The molecule has 0 saturated heterocycles. The maximum atomic E-state index is 2.59. The molecule has 2 aromatic heterocycles. The van der Waals surface area contributed by atoms with Crippen LogP contribution in [-0.4, -0.2) is 9.13 Å². The third kappa shape index (κ3) is 7.07. The van der Waals surface area contributed by atoms with E-state index >= 15 is 0 Å². The first-order valence-corrected chi connectivity index (χ1v) is 23.3. The zero-order valence-electron chi connectivity index (χ0n) is 36.7. The highest BCUT2D eigenvalue weighted by atomic mass is 15.0. The third-order valence-corrected chi connectivity index (χ3v) is 14.0. The van der Waals surface area contributed by atoms with Gasteiger partial charge >= 0.3 is 0 Å². The van der Waals surface area contributed by atoms with E-state index in [1.165, 1.54) is 105 Å². The van der Waals surface area contributed by atoms with Gasteiger partial charge in [0.1, 0.15) is 0 Å². The molecular formula is C63H50N2. The van der Waals surface area contributed by atoms with Crippen LogP contribution in [0.15, 0.2) is 218 Å². The molecule has 12 rings (SSSR count). The molecular weight excluding hydrogens is 785 g/mol. The quantitative estimate of drug-likeness (QED) is 0.151. The predicted molar refractivity (Wildman–Crippen MR) is 277 cm³/mol. The van der Waals surface area contributed by atoms with Crippen molar-refractivity contribution in [3.63, 3.8) is 0 Å². The highest BCUT2D eigenvalue weighted by Gasteiger charge is 2.24. The summed E-state index contributed by atoms with van der Waals surface area (Å²) in [5, 5.41) is 3.95. The van der Waals surface area contributed by atoms with Crippen LogP contribution in [0, 0.1) is 5.92 Å². The van der Waals surface area contributed by atoms with E-state index in [1.54, 1.807) is 0 Å². The zero-order chi connectivity index (χ0) is 43.3. The van der Waals surface area contributed by atoms with Crippen LogP contribution in [0.1, 0.15) is 65.7 Å². The number of aromatic nitrogens is 2. The van der Waals surface area contributed by atoms with Gasteiger partial charge in [-0.1, -0.05) is 177 Å². The summed E-state index contributed by atoms with van der Waals surface area (Å²) in [5.41, 5.74) is 20.5. The maximum absolute atomic E-state index is 2.59. The van der Waals surface area contributed by atoms with Crippen molar-refractivity contribution in [3.8, 4) is 16.8 Å². The molecule has 0 saturated carbocycles. The Morgan fingerprint density at radius 1 is 0.523 bits per heavy atom. The Kier molecular flexibility index (Phi) is 9.87. The second-order valence-electron chi connectivity index (χ2n) is 18.0. The first kappa shape index (κ1) is 39.0. The van der Waals surface area contributed by atoms with Gasteiger partial charge in [0.25, 0.3) is 0 Å². The van der Waals surface area contributed by atoms with Crippen LogP contribution in [0.25, 0.3) is 77.9 Å². The molecule has 2 atom stereocenters. The third-order valence-electron chi connectivity index (χ3n) is 14.0. The van der Waals surface area contributed by atoms with Gasteiger partial charge in [0.05, 0.1) is 17.1 Å². The summed E-state index contributed by atoms with van der Waals surface area (Å²) in [7, 11) is 0. The lowest BCUT2D eigenvalue weighted by molar-refractivity contribution is 0.629. The minimum Gasteiger partial charge on any atom is -0.333 e. The first-order chi connectivity index (χ1) is 32.1. The van der Waals surface area contributed by atoms with E-state index in [1.807, 2.05) is 0 Å². The molecule has 7 aromatic carbocycles. The average Bonchev–Trinajstić information content (AvgIpc) is 3.89. The van der Waals surface area contributed by atoms with E-state index in [0.29, 0.717) is 5.92 Å². The Balaban J connectivity index is 0.880. The Labute approximate surface area is 381 Å². The fourth-order valence-corrected chi connectivity index (χ4v) is 10.8. The summed E-state index contributed by atoms with van der Waals surface area (Å²) in [6, 6.07) is 65.1. The second kappa shape index (κ2) is 16.5. The molecule has 0 radical (unpaired) electrons. The summed E-state index contributed by atoms with van der Waals surface area (Å²) in [4.78, 5) is 0. The molecule has 2 heteroatoms. The van der Waals surface area contributed by atoms with Crippen molar-refractivity contribution in [2.75, 3.05) is 0 Å². The van der Waals surface area contributed by atoms with Crippen molar-refractivity contribution in [2.45, 2.75) is 38.6 Å².